The molecule has 0 saturated carbocycles. The highest BCUT2D eigenvalue weighted by molar-refractivity contribution is 6.29. The van der Waals surface area contributed by atoms with Gasteiger partial charge in [-0.25, -0.2) is 4.52 Å². The Kier molecular flexibility index (Phi) is 1.67. The second-order valence-electron chi connectivity index (χ2n) is 3.40. The molecule has 3 rings (SSSR count). The molecule has 0 spiro atoms. The van der Waals surface area contributed by atoms with Crippen molar-refractivity contribution in [1.82, 2.24) is 19.8 Å². The van der Waals surface area contributed by atoms with Crippen molar-refractivity contribution in [2.75, 3.05) is 0 Å². The zero-order valence-electron chi connectivity index (χ0n) is 7.98. The zero-order valence-corrected chi connectivity index (χ0v) is 8.73. The molecular formula is C10H7ClN4. The fourth-order valence-electron chi connectivity index (χ4n) is 1.62. The Labute approximate surface area is 90.5 Å². The molecular weight excluding hydrogens is 212 g/mol. The van der Waals surface area contributed by atoms with E-state index in [-0.39, 0.29) is 0 Å². The van der Waals surface area contributed by atoms with Gasteiger partial charge in [0, 0.05) is 5.39 Å². The first-order chi connectivity index (χ1) is 7.24. The summed E-state index contributed by atoms with van der Waals surface area (Å²) in [5.74, 6) is 0. The quantitative estimate of drug-likeness (QED) is 0.581. The van der Waals surface area contributed by atoms with Crippen LogP contribution in [-0.2, 0) is 0 Å². The van der Waals surface area contributed by atoms with E-state index in [4.69, 9.17) is 11.6 Å². The van der Waals surface area contributed by atoms with E-state index in [1.165, 1.54) is 0 Å². The van der Waals surface area contributed by atoms with E-state index < -0.39 is 0 Å². The first kappa shape index (κ1) is 8.61. The molecule has 0 fully saturated rings. The average molecular weight is 219 g/mol. The molecule has 4 nitrogen and oxygen atoms in total. The van der Waals surface area contributed by atoms with Crippen LogP contribution in [0.15, 0.2) is 24.3 Å². The van der Waals surface area contributed by atoms with Gasteiger partial charge in [0.15, 0.2) is 5.65 Å². The monoisotopic (exact) mass is 218 g/mol. The SMILES string of the molecule is Cc1cc2cc3ccc(Cl)nn3c2nn1. The smallest absolute Gasteiger partial charge is 0.183 e. The second kappa shape index (κ2) is 2.90. The third-order valence-electron chi connectivity index (χ3n) is 2.26. The molecule has 74 valence electrons. The van der Waals surface area contributed by atoms with Gasteiger partial charge >= 0.3 is 0 Å². The third kappa shape index (κ3) is 1.26. The highest BCUT2D eigenvalue weighted by Crippen LogP contribution is 2.18. The molecule has 0 saturated heterocycles. The van der Waals surface area contributed by atoms with Crippen LogP contribution in [0.25, 0.3) is 16.6 Å². The third-order valence-corrected chi connectivity index (χ3v) is 2.46. The Morgan fingerprint density at radius 2 is 2.07 bits per heavy atom. The summed E-state index contributed by atoms with van der Waals surface area (Å²) >= 11 is 5.83. The lowest BCUT2D eigenvalue weighted by molar-refractivity contribution is 0.918. The van der Waals surface area contributed by atoms with Crippen LogP contribution in [0.3, 0.4) is 0 Å². The molecule has 15 heavy (non-hydrogen) atoms. The minimum Gasteiger partial charge on any atom is -0.212 e. The van der Waals surface area contributed by atoms with E-state index >= 15 is 0 Å². The van der Waals surface area contributed by atoms with Gasteiger partial charge in [-0.2, -0.15) is 10.2 Å². The summed E-state index contributed by atoms with van der Waals surface area (Å²) in [6.45, 7) is 1.91. The predicted octanol–water partition coefficient (Wildman–Crippen LogP) is 2.24. The van der Waals surface area contributed by atoms with Gasteiger partial charge in [-0.1, -0.05) is 11.6 Å². The minimum atomic E-state index is 0.447. The van der Waals surface area contributed by atoms with Crippen molar-refractivity contribution in [2.45, 2.75) is 6.92 Å². The average Bonchev–Trinajstić information content (AvgIpc) is 2.54. The summed E-state index contributed by atoms with van der Waals surface area (Å²) in [7, 11) is 0. The van der Waals surface area contributed by atoms with Crippen molar-refractivity contribution in [3.05, 3.63) is 35.1 Å². The van der Waals surface area contributed by atoms with Crippen molar-refractivity contribution < 1.29 is 0 Å². The number of fused-ring (bicyclic) bond motifs is 3. The van der Waals surface area contributed by atoms with Gasteiger partial charge in [0.2, 0.25) is 0 Å². The van der Waals surface area contributed by atoms with Crippen LogP contribution in [0.4, 0.5) is 0 Å². The normalized spacial score (nSPS) is 11.3. The van der Waals surface area contributed by atoms with Crippen LogP contribution in [0.1, 0.15) is 5.69 Å². The maximum atomic E-state index is 5.83. The fourth-order valence-corrected chi connectivity index (χ4v) is 1.76. The lowest BCUT2D eigenvalue weighted by atomic mass is 10.3. The Bertz CT molecular complexity index is 659. The minimum absolute atomic E-state index is 0.447. The number of hydrogen-bond donors (Lipinski definition) is 0. The van der Waals surface area contributed by atoms with E-state index in [1.54, 1.807) is 10.6 Å². The molecule has 0 amide bonds. The van der Waals surface area contributed by atoms with Crippen LogP contribution >= 0.6 is 11.6 Å². The molecule has 0 N–H and O–H groups in total. The van der Waals surface area contributed by atoms with Crippen molar-refractivity contribution in [1.29, 1.82) is 0 Å². The lowest BCUT2D eigenvalue weighted by Gasteiger charge is -1.95. The van der Waals surface area contributed by atoms with Crippen molar-refractivity contribution >= 4 is 28.2 Å². The van der Waals surface area contributed by atoms with Gasteiger partial charge in [-0.05, 0) is 31.2 Å². The van der Waals surface area contributed by atoms with Crippen LogP contribution in [0.5, 0.6) is 0 Å². The predicted molar refractivity (Wildman–Crippen MR) is 58.0 cm³/mol. The Balaban J connectivity index is 2.53. The summed E-state index contributed by atoms with van der Waals surface area (Å²) in [6.07, 6.45) is 0. The molecule has 0 aromatic carbocycles. The number of rotatable bonds is 0. The highest BCUT2D eigenvalue weighted by Gasteiger charge is 2.05. The number of halogens is 1. The van der Waals surface area contributed by atoms with Crippen molar-refractivity contribution in [2.24, 2.45) is 0 Å². The van der Waals surface area contributed by atoms with Crippen LogP contribution < -0.4 is 0 Å². The summed E-state index contributed by atoms with van der Waals surface area (Å²) in [5, 5.41) is 13.8. The van der Waals surface area contributed by atoms with Crippen LogP contribution in [0, 0.1) is 6.92 Å². The summed E-state index contributed by atoms with van der Waals surface area (Å²) in [6, 6.07) is 7.66. The van der Waals surface area contributed by atoms with Crippen LogP contribution in [0.2, 0.25) is 5.15 Å². The first-order valence-corrected chi connectivity index (χ1v) is 4.90. The number of aromatic nitrogens is 4. The second-order valence-corrected chi connectivity index (χ2v) is 3.79. The Hall–Kier alpha value is -1.68. The summed E-state index contributed by atoms with van der Waals surface area (Å²) in [5.41, 5.74) is 2.59. The van der Waals surface area contributed by atoms with E-state index in [0.717, 1.165) is 22.2 Å². The zero-order chi connectivity index (χ0) is 10.4. The van der Waals surface area contributed by atoms with Gasteiger partial charge in [0.1, 0.15) is 5.15 Å². The lowest BCUT2D eigenvalue weighted by Crippen LogP contribution is -1.94. The topological polar surface area (TPSA) is 43.1 Å². The highest BCUT2D eigenvalue weighted by atomic mass is 35.5. The van der Waals surface area contributed by atoms with E-state index in [0.29, 0.717) is 5.15 Å². The molecule has 0 unspecified atom stereocenters. The van der Waals surface area contributed by atoms with Crippen molar-refractivity contribution in [3.8, 4) is 0 Å². The maximum absolute atomic E-state index is 5.83. The van der Waals surface area contributed by atoms with Gasteiger partial charge < -0.3 is 0 Å². The first-order valence-electron chi connectivity index (χ1n) is 4.52. The molecule has 3 aromatic rings. The summed E-state index contributed by atoms with van der Waals surface area (Å²) in [4.78, 5) is 0. The number of hydrogen-bond acceptors (Lipinski definition) is 3. The van der Waals surface area contributed by atoms with Gasteiger partial charge in [0.05, 0.1) is 11.2 Å². The summed E-state index contributed by atoms with van der Waals surface area (Å²) < 4.78 is 1.70. The molecule has 3 aromatic heterocycles. The molecule has 0 aliphatic rings. The number of aryl methyl sites for hydroxylation is 1. The Morgan fingerprint density at radius 1 is 1.20 bits per heavy atom. The van der Waals surface area contributed by atoms with Crippen molar-refractivity contribution in [3.63, 3.8) is 0 Å². The standard InChI is InChI=1S/C10H7ClN4/c1-6-4-7-5-8-2-3-9(11)14-15(8)10(7)13-12-6/h2-5H,1H3. The molecule has 0 aliphatic carbocycles. The molecule has 5 heteroatoms. The van der Waals surface area contributed by atoms with Gasteiger partial charge in [-0.15, -0.1) is 5.10 Å². The van der Waals surface area contributed by atoms with E-state index in [1.807, 2.05) is 25.1 Å². The van der Waals surface area contributed by atoms with Gasteiger partial charge in [-0.3, -0.25) is 0 Å². The molecule has 3 heterocycles. The largest absolute Gasteiger partial charge is 0.212 e. The van der Waals surface area contributed by atoms with E-state index in [2.05, 4.69) is 15.3 Å². The maximum Gasteiger partial charge on any atom is 0.183 e. The Morgan fingerprint density at radius 3 is 2.93 bits per heavy atom. The van der Waals surface area contributed by atoms with Gasteiger partial charge in [0.25, 0.3) is 0 Å². The molecule has 0 radical (unpaired) electrons. The molecule has 0 bridgehead atoms. The number of nitrogens with zero attached hydrogens (tertiary/aromatic N) is 4. The molecule has 0 atom stereocenters. The molecule has 0 aliphatic heterocycles. The van der Waals surface area contributed by atoms with E-state index in [9.17, 15) is 0 Å². The fraction of sp³-hybridized carbons (Fsp3) is 0.100. The van der Waals surface area contributed by atoms with Crippen LogP contribution in [-0.4, -0.2) is 19.8 Å².